The Labute approximate surface area is 154 Å². The minimum absolute atomic E-state index is 0.249. The fraction of sp³-hybridized carbons (Fsp3) is 0.350. The molecule has 2 heterocycles. The standard InChI is InChI=1S/C20H26N6/c1-14(2)17(12-26(3)11-15-7-5-4-6-8-15)24-19-16-9-10-18(21)25-20(16)23-13-22-19/h4-10,13-14,17H,11-12H2,1-3H3,(H3,21,22,23,24,25). The average Bonchev–Trinajstić information content (AvgIpc) is 2.61. The molecule has 6 nitrogen and oxygen atoms in total. The van der Waals surface area contributed by atoms with Crippen molar-refractivity contribution in [2.24, 2.45) is 5.92 Å². The lowest BCUT2D eigenvalue weighted by Crippen LogP contribution is -2.38. The monoisotopic (exact) mass is 350 g/mol. The Morgan fingerprint density at radius 2 is 1.85 bits per heavy atom. The zero-order valence-corrected chi connectivity index (χ0v) is 15.6. The highest BCUT2D eigenvalue weighted by molar-refractivity contribution is 5.87. The molecule has 0 aliphatic rings. The highest BCUT2D eigenvalue weighted by atomic mass is 15.1. The van der Waals surface area contributed by atoms with Crippen molar-refractivity contribution < 1.29 is 0 Å². The number of anilines is 2. The Hall–Kier alpha value is -2.73. The van der Waals surface area contributed by atoms with Gasteiger partial charge in [-0.3, -0.25) is 0 Å². The van der Waals surface area contributed by atoms with E-state index in [0.29, 0.717) is 17.4 Å². The lowest BCUT2D eigenvalue weighted by Gasteiger charge is -2.28. The molecule has 1 atom stereocenters. The summed E-state index contributed by atoms with van der Waals surface area (Å²) in [5, 5.41) is 4.47. The van der Waals surface area contributed by atoms with Gasteiger partial charge >= 0.3 is 0 Å². The molecule has 0 aliphatic heterocycles. The number of rotatable bonds is 7. The molecule has 1 unspecified atom stereocenters. The van der Waals surface area contributed by atoms with Crippen molar-refractivity contribution in [3.8, 4) is 0 Å². The summed E-state index contributed by atoms with van der Waals surface area (Å²) < 4.78 is 0. The number of nitrogen functional groups attached to an aromatic ring is 1. The SMILES string of the molecule is CC(C)C(CN(C)Cc1ccccc1)Nc1ncnc2nc(N)ccc12. The normalized spacial score (nSPS) is 12.7. The maximum atomic E-state index is 5.76. The summed E-state index contributed by atoms with van der Waals surface area (Å²) in [5.41, 5.74) is 7.69. The maximum absolute atomic E-state index is 5.76. The van der Waals surface area contributed by atoms with E-state index in [9.17, 15) is 0 Å². The molecule has 3 aromatic rings. The second kappa shape index (κ2) is 8.10. The fourth-order valence-corrected chi connectivity index (χ4v) is 2.97. The van der Waals surface area contributed by atoms with Gasteiger partial charge in [0.15, 0.2) is 5.65 Å². The molecule has 1 aromatic carbocycles. The summed E-state index contributed by atoms with van der Waals surface area (Å²) >= 11 is 0. The highest BCUT2D eigenvalue weighted by Gasteiger charge is 2.18. The fourth-order valence-electron chi connectivity index (χ4n) is 2.97. The van der Waals surface area contributed by atoms with Crippen molar-refractivity contribution in [2.75, 3.05) is 24.6 Å². The molecule has 0 spiro atoms. The van der Waals surface area contributed by atoms with E-state index in [1.54, 1.807) is 6.07 Å². The predicted molar refractivity (Wildman–Crippen MR) is 107 cm³/mol. The van der Waals surface area contributed by atoms with Gasteiger partial charge in [-0.15, -0.1) is 0 Å². The van der Waals surface area contributed by atoms with Crippen molar-refractivity contribution in [1.82, 2.24) is 19.9 Å². The van der Waals surface area contributed by atoms with Crippen molar-refractivity contribution in [3.63, 3.8) is 0 Å². The molecule has 3 N–H and O–H groups in total. The lowest BCUT2D eigenvalue weighted by atomic mass is 10.0. The first-order valence-electron chi connectivity index (χ1n) is 8.89. The van der Waals surface area contributed by atoms with Crippen LogP contribution in [0.1, 0.15) is 19.4 Å². The van der Waals surface area contributed by atoms with Crippen LogP contribution in [0.5, 0.6) is 0 Å². The average molecular weight is 350 g/mol. The first kappa shape index (κ1) is 18.1. The van der Waals surface area contributed by atoms with Crippen LogP contribution in [-0.2, 0) is 6.54 Å². The van der Waals surface area contributed by atoms with E-state index < -0.39 is 0 Å². The van der Waals surface area contributed by atoms with Gasteiger partial charge in [0.25, 0.3) is 0 Å². The molecule has 2 aromatic heterocycles. The second-order valence-corrected chi connectivity index (χ2v) is 7.01. The van der Waals surface area contributed by atoms with Crippen molar-refractivity contribution in [1.29, 1.82) is 0 Å². The Morgan fingerprint density at radius 1 is 1.08 bits per heavy atom. The Bertz CT molecular complexity index is 849. The smallest absolute Gasteiger partial charge is 0.166 e. The number of nitrogens with two attached hydrogens (primary N) is 1. The Morgan fingerprint density at radius 3 is 2.58 bits per heavy atom. The van der Waals surface area contributed by atoms with Gasteiger partial charge in [0.2, 0.25) is 0 Å². The molecule has 0 radical (unpaired) electrons. The van der Waals surface area contributed by atoms with Gasteiger partial charge in [0.1, 0.15) is 18.0 Å². The summed E-state index contributed by atoms with van der Waals surface area (Å²) in [4.78, 5) is 15.3. The van der Waals surface area contributed by atoms with Crippen LogP contribution in [0, 0.1) is 5.92 Å². The first-order valence-corrected chi connectivity index (χ1v) is 8.89. The van der Waals surface area contributed by atoms with Gasteiger partial charge in [0, 0.05) is 19.1 Å². The molecule has 136 valence electrons. The molecule has 0 aliphatic carbocycles. The number of hydrogen-bond donors (Lipinski definition) is 2. The Kier molecular flexibility index (Phi) is 5.63. The number of nitrogens with one attached hydrogen (secondary N) is 1. The van der Waals surface area contributed by atoms with Crippen LogP contribution < -0.4 is 11.1 Å². The van der Waals surface area contributed by atoms with Crippen LogP contribution in [0.15, 0.2) is 48.8 Å². The third-order valence-electron chi connectivity index (χ3n) is 4.45. The van der Waals surface area contributed by atoms with Crippen LogP contribution in [0.2, 0.25) is 0 Å². The summed E-state index contributed by atoms with van der Waals surface area (Å²) in [5.74, 6) is 1.71. The van der Waals surface area contributed by atoms with Crippen molar-refractivity contribution >= 4 is 22.7 Å². The summed E-state index contributed by atoms with van der Waals surface area (Å²) in [7, 11) is 2.14. The molecule has 3 rings (SSSR count). The van der Waals surface area contributed by atoms with Crippen molar-refractivity contribution in [2.45, 2.75) is 26.4 Å². The number of aromatic nitrogens is 3. The number of hydrogen-bond acceptors (Lipinski definition) is 6. The predicted octanol–water partition coefficient (Wildman–Crippen LogP) is 3.18. The third-order valence-corrected chi connectivity index (χ3v) is 4.45. The van der Waals surface area contributed by atoms with Crippen LogP contribution >= 0.6 is 0 Å². The number of nitrogens with zero attached hydrogens (tertiary/aromatic N) is 4. The van der Waals surface area contributed by atoms with E-state index >= 15 is 0 Å². The topological polar surface area (TPSA) is 80.0 Å². The molecular weight excluding hydrogens is 324 g/mol. The lowest BCUT2D eigenvalue weighted by molar-refractivity contribution is 0.286. The molecular formula is C20H26N6. The molecule has 0 fully saturated rings. The molecule has 26 heavy (non-hydrogen) atoms. The minimum atomic E-state index is 0.249. The van der Waals surface area contributed by atoms with Gasteiger partial charge < -0.3 is 16.0 Å². The quantitative estimate of drug-likeness (QED) is 0.681. The van der Waals surface area contributed by atoms with Gasteiger partial charge in [0.05, 0.1) is 5.39 Å². The van der Waals surface area contributed by atoms with E-state index in [-0.39, 0.29) is 6.04 Å². The number of fused-ring (bicyclic) bond motifs is 1. The number of pyridine rings is 1. The van der Waals surface area contributed by atoms with E-state index in [1.807, 2.05) is 12.1 Å². The largest absolute Gasteiger partial charge is 0.384 e. The Balaban J connectivity index is 1.75. The van der Waals surface area contributed by atoms with E-state index in [2.05, 4.69) is 70.3 Å². The zero-order valence-electron chi connectivity index (χ0n) is 15.6. The van der Waals surface area contributed by atoms with Crippen LogP contribution in [0.3, 0.4) is 0 Å². The van der Waals surface area contributed by atoms with Gasteiger partial charge in [-0.2, -0.15) is 0 Å². The number of benzene rings is 1. The van der Waals surface area contributed by atoms with Gasteiger partial charge in [-0.25, -0.2) is 15.0 Å². The molecule has 0 bridgehead atoms. The summed E-state index contributed by atoms with van der Waals surface area (Å²) in [6.07, 6.45) is 1.53. The third kappa shape index (κ3) is 4.46. The van der Waals surface area contributed by atoms with E-state index in [0.717, 1.165) is 24.3 Å². The number of likely N-dealkylation sites (N-methyl/N-ethyl adjacent to an activating group) is 1. The maximum Gasteiger partial charge on any atom is 0.166 e. The van der Waals surface area contributed by atoms with Crippen LogP contribution in [-0.4, -0.2) is 39.5 Å². The molecule has 6 heteroatoms. The summed E-state index contributed by atoms with van der Waals surface area (Å²) in [6, 6.07) is 14.5. The molecule has 0 amide bonds. The second-order valence-electron chi connectivity index (χ2n) is 7.01. The van der Waals surface area contributed by atoms with Crippen molar-refractivity contribution in [3.05, 3.63) is 54.4 Å². The zero-order chi connectivity index (χ0) is 18.5. The van der Waals surface area contributed by atoms with E-state index in [1.165, 1.54) is 11.9 Å². The van der Waals surface area contributed by atoms with E-state index in [4.69, 9.17) is 5.73 Å². The van der Waals surface area contributed by atoms with Gasteiger partial charge in [-0.05, 0) is 30.7 Å². The molecule has 0 saturated heterocycles. The minimum Gasteiger partial charge on any atom is -0.384 e. The molecule has 0 saturated carbocycles. The highest BCUT2D eigenvalue weighted by Crippen LogP contribution is 2.21. The van der Waals surface area contributed by atoms with Gasteiger partial charge in [-0.1, -0.05) is 44.2 Å². The summed E-state index contributed by atoms with van der Waals surface area (Å²) in [6.45, 7) is 6.25. The van der Waals surface area contributed by atoms with Crippen LogP contribution in [0.4, 0.5) is 11.6 Å². The first-order chi connectivity index (χ1) is 12.5. The van der Waals surface area contributed by atoms with Crippen LogP contribution in [0.25, 0.3) is 11.0 Å².